The topological polar surface area (TPSA) is 23.8 Å². The van der Waals surface area contributed by atoms with Gasteiger partial charge in [0.15, 0.2) is 0 Å². The molecule has 0 amide bonds. The zero-order valence-corrected chi connectivity index (χ0v) is 8.70. The van der Waals surface area contributed by atoms with Crippen LogP contribution in [-0.2, 0) is 0 Å². The summed E-state index contributed by atoms with van der Waals surface area (Å²) in [6, 6.07) is 0.286. The first-order valence-corrected chi connectivity index (χ1v) is 3.11. The Balaban J connectivity index is 0. The van der Waals surface area contributed by atoms with Crippen molar-refractivity contribution in [1.82, 2.24) is 0 Å². The molecule has 3 heteroatoms. The van der Waals surface area contributed by atoms with E-state index < -0.39 is 0 Å². The fourth-order valence-electron chi connectivity index (χ4n) is 1.10. The molecule has 0 aromatic rings. The molecule has 0 spiro atoms. The normalized spacial score (nSPS) is 19.7. The largest absolute Gasteiger partial charge is 2.00 e. The Labute approximate surface area is 83.7 Å². The van der Waals surface area contributed by atoms with Gasteiger partial charge in [-0.25, -0.2) is 0 Å². The second-order valence-electron chi connectivity index (χ2n) is 2.33. The van der Waals surface area contributed by atoms with Crippen LogP contribution in [0.15, 0.2) is 0 Å². The van der Waals surface area contributed by atoms with Crippen molar-refractivity contribution in [3.8, 4) is 0 Å². The van der Waals surface area contributed by atoms with Crippen molar-refractivity contribution in [2.24, 2.45) is 0 Å². The van der Waals surface area contributed by atoms with E-state index in [0.717, 1.165) is 12.8 Å². The summed E-state index contributed by atoms with van der Waals surface area (Å²) in [5.41, 5.74) is 7.27. The number of halogens is 1. The van der Waals surface area contributed by atoms with E-state index in [1.807, 2.05) is 0 Å². The first-order chi connectivity index (χ1) is 3.39. The summed E-state index contributed by atoms with van der Waals surface area (Å²) in [4.78, 5) is 0. The van der Waals surface area contributed by atoms with E-state index in [1.54, 1.807) is 0 Å². The van der Waals surface area contributed by atoms with E-state index in [9.17, 15) is 0 Å². The van der Waals surface area contributed by atoms with Gasteiger partial charge in [0.25, 0.3) is 0 Å². The van der Waals surface area contributed by atoms with Crippen molar-refractivity contribution < 1.29 is 17.0 Å². The smallest absolute Gasteiger partial charge is 1.00 e. The van der Waals surface area contributed by atoms with Crippen LogP contribution in [0.4, 0.5) is 0 Å². The molecule has 0 aromatic heterocycles. The number of hydrogen-bond donors (Lipinski definition) is 0. The molecule has 0 aromatic carbocycles. The number of hydrogen-bond acceptors (Lipinski definition) is 0. The molecule has 1 saturated carbocycles. The fourth-order valence-corrected chi connectivity index (χ4v) is 1.10. The van der Waals surface area contributed by atoms with Crippen LogP contribution in [0.1, 0.15) is 32.1 Å². The maximum Gasteiger partial charge on any atom is 2.00 e. The SMILES string of the molecule is [Br-].[Mg+2].[NH-]C1CCCCC1. The van der Waals surface area contributed by atoms with E-state index in [4.69, 9.17) is 5.73 Å². The molecule has 1 rings (SSSR count). The average Bonchev–Trinajstić information content (AvgIpc) is 1.69. The molecule has 9 heavy (non-hydrogen) atoms. The standard InChI is InChI=1S/C6H12N.BrH.Mg/c7-6-4-2-1-3-5-6;;/h6-7H,1-5H2;1H;/q-1;;+2/p-1. The van der Waals surface area contributed by atoms with E-state index in [0.29, 0.717) is 0 Å². The van der Waals surface area contributed by atoms with Crippen molar-refractivity contribution in [3.63, 3.8) is 0 Å². The molecule has 0 bridgehead atoms. The molecule has 1 fully saturated rings. The quantitative estimate of drug-likeness (QED) is 0.450. The first-order valence-electron chi connectivity index (χ1n) is 3.11. The third-order valence-corrected chi connectivity index (χ3v) is 1.61. The Morgan fingerprint density at radius 3 is 1.67 bits per heavy atom. The minimum atomic E-state index is 0. The Morgan fingerprint density at radius 1 is 1.00 bits per heavy atom. The number of nitrogens with one attached hydrogen (secondary N) is 1. The molecule has 1 N–H and O–H groups in total. The van der Waals surface area contributed by atoms with Gasteiger partial charge < -0.3 is 22.7 Å². The van der Waals surface area contributed by atoms with Crippen molar-refractivity contribution in [2.75, 3.05) is 0 Å². The Bertz CT molecular complexity index is 55.0. The van der Waals surface area contributed by atoms with Gasteiger partial charge >= 0.3 is 23.1 Å². The molecule has 0 aliphatic heterocycles. The molecule has 50 valence electrons. The van der Waals surface area contributed by atoms with Gasteiger partial charge in [0.2, 0.25) is 0 Å². The van der Waals surface area contributed by atoms with E-state index in [1.165, 1.54) is 19.3 Å². The second kappa shape index (κ2) is 7.31. The van der Waals surface area contributed by atoms with Crippen molar-refractivity contribution in [2.45, 2.75) is 38.1 Å². The maximum absolute atomic E-state index is 7.27. The zero-order valence-electron chi connectivity index (χ0n) is 5.70. The monoisotopic (exact) mass is 201 g/mol. The first kappa shape index (κ1) is 12.8. The molecule has 0 saturated heterocycles. The van der Waals surface area contributed by atoms with Crippen LogP contribution in [0.2, 0.25) is 0 Å². The summed E-state index contributed by atoms with van der Waals surface area (Å²) in [5.74, 6) is 0. The van der Waals surface area contributed by atoms with Gasteiger partial charge in [-0.15, -0.1) is 6.04 Å². The molecule has 0 unspecified atom stereocenters. The van der Waals surface area contributed by atoms with Crippen LogP contribution in [0.25, 0.3) is 5.73 Å². The van der Waals surface area contributed by atoms with E-state index >= 15 is 0 Å². The third kappa shape index (κ3) is 5.64. The average molecular weight is 202 g/mol. The molecular weight excluding hydrogens is 190 g/mol. The van der Waals surface area contributed by atoms with Crippen molar-refractivity contribution in [3.05, 3.63) is 5.73 Å². The van der Waals surface area contributed by atoms with Gasteiger partial charge in [0.1, 0.15) is 0 Å². The van der Waals surface area contributed by atoms with Crippen LogP contribution in [0.3, 0.4) is 0 Å². The van der Waals surface area contributed by atoms with Gasteiger partial charge in [0, 0.05) is 0 Å². The maximum atomic E-state index is 7.27. The summed E-state index contributed by atoms with van der Waals surface area (Å²) in [7, 11) is 0. The van der Waals surface area contributed by atoms with E-state index in [-0.39, 0.29) is 46.1 Å². The molecule has 1 aliphatic carbocycles. The van der Waals surface area contributed by atoms with Gasteiger partial charge in [0.05, 0.1) is 0 Å². The van der Waals surface area contributed by atoms with Crippen LogP contribution in [0, 0.1) is 0 Å². The van der Waals surface area contributed by atoms with E-state index in [2.05, 4.69) is 0 Å². The molecule has 1 nitrogen and oxygen atoms in total. The molecule has 0 heterocycles. The Hall–Kier alpha value is 1.21. The minimum Gasteiger partial charge on any atom is -1.00 e. The molecule has 1 aliphatic rings. The fraction of sp³-hybridized carbons (Fsp3) is 1.00. The minimum absolute atomic E-state index is 0. The summed E-state index contributed by atoms with van der Waals surface area (Å²) in [5, 5.41) is 0. The third-order valence-electron chi connectivity index (χ3n) is 1.61. The Morgan fingerprint density at radius 2 is 1.44 bits per heavy atom. The van der Waals surface area contributed by atoms with Gasteiger partial charge in [-0.3, -0.25) is 0 Å². The van der Waals surface area contributed by atoms with Crippen LogP contribution >= 0.6 is 0 Å². The summed E-state index contributed by atoms with van der Waals surface area (Å²) < 4.78 is 0. The Kier molecular flexibility index (Phi) is 10.4. The van der Waals surface area contributed by atoms with Gasteiger partial charge in [-0.1, -0.05) is 32.1 Å². The molecule has 0 radical (unpaired) electrons. The predicted molar refractivity (Wildman–Crippen MR) is 36.9 cm³/mol. The van der Waals surface area contributed by atoms with Crippen LogP contribution in [-0.4, -0.2) is 29.1 Å². The molecular formula is C6H12BrMgN. The summed E-state index contributed by atoms with van der Waals surface area (Å²) >= 11 is 0. The van der Waals surface area contributed by atoms with Gasteiger partial charge in [-0.2, -0.15) is 0 Å². The number of rotatable bonds is 0. The van der Waals surface area contributed by atoms with Crippen molar-refractivity contribution >= 4 is 23.1 Å². The zero-order chi connectivity index (χ0) is 5.11. The summed E-state index contributed by atoms with van der Waals surface area (Å²) in [6.07, 6.45) is 6.28. The predicted octanol–water partition coefficient (Wildman–Crippen LogP) is -1.01. The second-order valence-corrected chi connectivity index (χ2v) is 2.33. The molecule has 0 atom stereocenters. The van der Waals surface area contributed by atoms with Gasteiger partial charge in [-0.05, 0) is 0 Å². The van der Waals surface area contributed by atoms with Crippen molar-refractivity contribution in [1.29, 1.82) is 0 Å². The van der Waals surface area contributed by atoms with Crippen LogP contribution < -0.4 is 17.0 Å². The summed E-state index contributed by atoms with van der Waals surface area (Å²) in [6.45, 7) is 0. The van der Waals surface area contributed by atoms with Crippen LogP contribution in [0.5, 0.6) is 0 Å².